The predicted molar refractivity (Wildman–Crippen MR) is 128 cm³/mol. The third-order valence-electron chi connectivity index (χ3n) is 6.10. The largest absolute Gasteiger partial charge is 0.338 e. The molecule has 0 aromatic heterocycles. The van der Waals surface area contributed by atoms with Crippen molar-refractivity contribution >= 4 is 17.5 Å². The standard InChI is InChI=1S/C28H30N2O2/c1-20(2)28(32)30-16-15-21-13-14-25(17-24(21)19-30)29-27(31)18-26(22-9-5-3-6-10-22)23-11-7-4-8-12-23/h3-14,17,20,26H,15-16,18-19H2,1-2H3,(H,29,31). The molecule has 0 spiro atoms. The van der Waals surface area contributed by atoms with Gasteiger partial charge in [-0.25, -0.2) is 0 Å². The normalized spacial score (nSPS) is 13.2. The minimum Gasteiger partial charge on any atom is -0.338 e. The summed E-state index contributed by atoms with van der Waals surface area (Å²) in [6, 6.07) is 26.4. The molecule has 1 aliphatic heterocycles. The minimum absolute atomic E-state index is 0.00539. The minimum atomic E-state index is -0.0198. The van der Waals surface area contributed by atoms with Gasteiger partial charge >= 0.3 is 0 Å². The smallest absolute Gasteiger partial charge is 0.225 e. The van der Waals surface area contributed by atoms with E-state index in [-0.39, 0.29) is 23.7 Å². The highest BCUT2D eigenvalue weighted by molar-refractivity contribution is 5.91. The lowest BCUT2D eigenvalue weighted by atomic mass is 9.88. The van der Waals surface area contributed by atoms with Gasteiger partial charge in [0, 0.05) is 37.0 Å². The van der Waals surface area contributed by atoms with Crippen LogP contribution in [0.2, 0.25) is 0 Å². The van der Waals surface area contributed by atoms with E-state index in [2.05, 4.69) is 35.6 Å². The number of amides is 2. The van der Waals surface area contributed by atoms with Gasteiger partial charge in [-0.05, 0) is 40.8 Å². The van der Waals surface area contributed by atoms with E-state index in [0.29, 0.717) is 13.0 Å². The lowest BCUT2D eigenvalue weighted by molar-refractivity contribution is -0.135. The first-order valence-corrected chi connectivity index (χ1v) is 11.3. The summed E-state index contributed by atoms with van der Waals surface area (Å²) in [6.45, 7) is 5.23. The zero-order chi connectivity index (χ0) is 22.5. The zero-order valence-corrected chi connectivity index (χ0v) is 18.8. The average Bonchev–Trinajstić information content (AvgIpc) is 2.82. The van der Waals surface area contributed by atoms with Gasteiger partial charge < -0.3 is 10.2 Å². The number of carbonyl (C=O) groups excluding carboxylic acids is 2. The van der Waals surface area contributed by atoms with Crippen LogP contribution in [0, 0.1) is 5.92 Å². The SMILES string of the molecule is CC(C)C(=O)N1CCc2ccc(NC(=O)CC(c3ccccc3)c3ccccc3)cc2C1. The number of nitrogens with zero attached hydrogens (tertiary/aromatic N) is 1. The molecule has 3 aromatic carbocycles. The number of carbonyl (C=O) groups is 2. The van der Waals surface area contributed by atoms with Crippen LogP contribution in [0.15, 0.2) is 78.9 Å². The first kappa shape index (κ1) is 21.8. The van der Waals surface area contributed by atoms with E-state index in [9.17, 15) is 9.59 Å². The Morgan fingerprint density at radius 3 is 2.09 bits per heavy atom. The van der Waals surface area contributed by atoms with Crippen LogP contribution >= 0.6 is 0 Å². The number of nitrogens with one attached hydrogen (secondary N) is 1. The number of rotatable bonds is 6. The van der Waals surface area contributed by atoms with Crippen LogP contribution in [0.4, 0.5) is 5.69 Å². The average molecular weight is 427 g/mol. The van der Waals surface area contributed by atoms with E-state index in [4.69, 9.17) is 0 Å². The third-order valence-corrected chi connectivity index (χ3v) is 6.10. The molecule has 1 N–H and O–H groups in total. The fourth-order valence-corrected chi connectivity index (χ4v) is 4.38. The molecule has 4 nitrogen and oxygen atoms in total. The maximum absolute atomic E-state index is 13.0. The summed E-state index contributed by atoms with van der Waals surface area (Å²) in [4.78, 5) is 27.4. The van der Waals surface area contributed by atoms with Crippen molar-refractivity contribution in [3.05, 3.63) is 101 Å². The first-order chi connectivity index (χ1) is 15.5. The van der Waals surface area contributed by atoms with Crippen molar-refractivity contribution in [1.29, 1.82) is 0 Å². The fraction of sp³-hybridized carbons (Fsp3) is 0.286. The topological polar surface area (TPSA) is 49.4 Å². The maximum atomic E-state index is 13.0. The molecule has 3 aromatic rings. The molecule has 164 valence electrons. The Morgan fingerprint density at radius 2 is 1.50 bits per heavy atom. The Morgan fingerprint density at radius 1 is 0.875 bits per heavy atom. The summed E-state index contributed by atoms with van der Waals surface area (Å²) >= 11 is 0. The number of hydrogen-bond acceptors (Lipinski definition) is 2. The van der Waals surface area contributed by atoms with Crippen molar-refractivity contribution in [2.45, 2.75) is 39.2 Å². The lowest BCUT2D eigenvalue weighted by Gasteiger charge is -2.30. The predicted octanol–water partition coefficient (Wildman–Crippen LogP) is 5.39. The van der Waals surface area contributed by atoms with Gasteiger partial charge in [0.15, 0.2) is 0 Å². The molecule has 1 heterocycles. The molecule has 2 amide bonds. The molecule has 0 fully saturated rings. The Bertz CT molecular complexity index is 1040. The van der Waals surface area contributed by atoms with Gasteiger partial charge in [-0.3, -0.25) is 9.59 Å². The molecule has 32 heavy (non-hydrogen) atoms. The molecule has 0 radical (unpaired) electrons. The summed E-state index contributed by atoms with van der Waals surface area (Å²) in [6.07, 6.45) is 1.22. The summed E-state index contributed by atoms with van der Waals surface area (Å²) in [7, 11) is 0. The number of benzene rings is 3. The van der Waals surface area contributed by atoms with Crippen LogP contribution in [0.3, 0.4) is 0 Å². The number of anilines is 1. The molecular formula is C28H30N2O2. The maximum Gasteiger partial charge on any atom is 0.225 e. The van der Waals surface area contributed by atoms with Gasteiger partial charge in [0.2, 0.25) is 11.8 Å². The van der Waals surface area contributed by atoms with E-state index < -0.39 is 0 Å². The van der Waals surface area contributed by atoms with E-state index >= 15 is 0 Å². The van der Waals surface area contributed by atoms with Gasteiger partial charge in [0.25, 0.3) is 0 Å². The molecule has 0 bridgehead atoms. The Hall–Kier alpha value is -3.40. The Labute approximate surface area is 190 Å². The van der Waals surface area contributed by atoms with Crippen molar-refractivity contribution in [2.75, 3.05) is 11.9 Å². The second-order valence-corrected chi connectivity index (χ2v) is 8.77. The second-order valence-electron chi connectivity index (χ2n) is 8.77. The monoisotopic (exact) mass is 426 g/mol. The van der Waals surface area contributed by atoms with Crippen molar-refractivity contribution in [2.24, 2.45) is 5.92 Å². The van der Waals surface area contributed by atoms with Gasteiger partial charge in [0.05, 0.1) is 0 Å². The van der Waals surface area contributed by atoms with Crippen LogP contribution in [0.5, 0.6) is 0 Å². The van der Waals surface area contributed by atoms with Gasteiger partial charge in [-0.1, -0.05) is 80.6 Å². The van der Waals surface area contributed by atoms with Crippen LogP contribution in [-0.2, 0) is 22.6 Å². The van der Waals surface area contributed by atoms with E-state index in [0.717, 1.165) is 35.3 Å². The molecule has 0 aliphatic carbocycles. The van der Waals surface area contributed by atoms with Gasteiger partial charge in [-0.2, -0.15) is 0 Å². The molecular weight excluding hydrogens is 396 g/mol. The van der Waals surface area contributed by atoms with Crippen molar-refractivity contribution in [1.82, 2.24) is 4.90 Å². The van der Waals surface area contributed by atoms with Gasteiger partial charge in [-0.15, -0.1) is 0 Å². The van der Waals surface area contributed by atoms with E-state index in [1.807, 2.05) is 67.3 Å². The van der Waals surface area contributed by atoms with Crippen LogP contribution in [0.1, 0.15) is 48.4 Å². The summed E-state index contributed by atoms with van der Waals surface area (Å²) in [5.41, 5.74) is 5.41. The molecule has 0 saturated carbocycles. The van der Waals surface area contributed by atoms with Crippen LogP contribution < -0.4 is 5.32 Å². The molecule has 4 heteroatoms. The number of fused-ring (bicyclic) bond motifs is 1. The summed E-state index contributed by atoms with van der Waals surface area (Å²) < 4.78 is 0. The van der Waals surface area contributed by atoms with Gasteiger partial charge in [0.1, 0.15) is 0 Å². The Balaban J connectivity index is 1.49. The fourth-order valence-electron chi connectivity index (χ4n) is 4.38. The van der Waals surface area contributed by atoms with Crippen molar-refractivity contribution in [3.63, 3.8) is 0 Å². The highest BCUT2D eigenvalue weighted by Crippen LogP contribution is 2.29. The molecule has 1 aliphatic rings. The van der Waals surface area contributed by atoms with E-state index in [1.54, 1.807) is 0 Å². The van der Waals surface area contributed by atoms with Crippen LogP contribution in [-0.4, -0.2) is 23.3 Å². The van der Waals surface area contributed by atoms with Crippen molar-refractivity contribution in [3.8, 4) is 0 Å². The zero-order valence-electron chi connectivity index (χ0n) is 18.8. The Kier molecular flexibility index (Phi) is 6.69. The summed E-state index contributed by atoms with van der Waals surface area (Å²) in [5.74, 6) is 0.147. The first-order valence-electron chi connectivity index (χ1n) is 11.3. The third kappa shape index (κ3) is 5.08. The second kappa shape index (κ2) is 9.82. The van der Waals surface area contributed by atoms with E-state index in [1.165, 1.54) is 5.56 Å². The molecule has 0 saturated heterocycles. The van der Waals surface area contributed by atoms with Crippen molar-refractivity contribution < 1.29 is 9.59 Å². The quantitative estimate of drug-likeness (QED) is 0.575. The molecule has 4 rings (SSSR count). The highest BCUT2D eigenvalue weighted by atomic mass is 16.2. The van der Waals surface area contributed by atoms with Crippen LogP contribution in [0.25, 0.3) is 0 Å². The highest BCUT2D eigenvalue weighted by Gasteiger charge is 2.23. The molecule has 0 unspecified atom stereocenters. The number of hydrogen-bond donors (Lipinski definition) is 1. The lowest BCUT2D eigenvalue weighted by Crippen LogP contribution is -2.38. The summed E-state index contributed by atoms with van der Waals surface area (Å²) in [5, 5.41) is 3.09. The molecule has 0 atom stereocenters.